The van der Waals surface area contributed by atoms with Crippen LogP contribution in [0.3, 0.4) is 0 Å². The summed E-state index contributed by atoms with van der Waals surface area (Å²) in [6.07, 6.45) is 1.38. The van der Waals surface area contributed by atoms with E-state index >= 15 is 0 Å². The van der Waals surface area contributed by atoms with Crippen LogP contribution in [0.4, 0.5) is 0 Å². The zero-order chi connectivity index (χ0) is 24.1. The third kappa shape index (κ3) is 6.42. The highest BCUT2D eigenvalue weighted by Crippen LogP contribution is 2.33. The normalized spacial score (nSPS) is 12.5. The third-order valence-corrected chi connectivity index (χ3v) is 5.83. The lowest BCUT2D eigenvalue weighted by Gasteiger charge is -2.22. The van der Waals surface area contributed by atoms with E-state index in [1.807, 2.05) is 49.3 Å². The number of halogens is 2. The van der Waals surface area contributed by atoms with Crippen LogP contribution in [-0.2, 0) is 19.6 Å². The van der Waals surface area contributed by atoms with Gasteiger partial charge in [0.15, 0.2) is 17.2 Å². The molecule has 0 atom stereocenters. The molecule has 2 heterocycles. The summed E-state index contributed by atoms with van der Waals surface area (Å²) in [6.45, 7) is 2.96. The first kappa shape index (κ1) is 24.3. The first-order chi connectivity index (χ1) is 16.4. The molecule has 0 aliphatic carbocycles. The van der Waals surface area contributed by atoms with E-state index in [2.05, 4.69) is 15.2 Å². The van der Waals surface area contributed by atoms with E-state index in [1.165, 1.54) is 6.26 Å². The van der Waals surface area contributed by atoms with E-state index in [1.54, 1.807) is 6.07 Å². The minimum absolute atomic E-state index is 0.221. The van der Waals surface area contributed by atoms with Gasteiger partial charge in [-0.3, -0.25) is 9.69 Å². The van der Waals surface area contributed by atoms with Crippen molar-refractivity contribution in [1.29, 1.82) is 0 Å². The lowest BCUT2D eigenvalue weighted by Crippen LogP contribution is -2.31. The van der Waals surface area contributed by atoms with E-state index in [9.17, 15) is 4.79 Å². The molecule has 0 unspecified atom stereocenters. The predicted octanol–water partition coefficient (Wildman–Crippen LogP) is 4.20. The van der Waals surface area contributed by atoms with Crippen molar-refractivity contribution >= 4 is 29.1 Å². The van der Waals surface area contributed by atoms with Crippen LogP contribution in [0.2, 0.25) is 10.0 Å². The van der Waals surface area contributed by atoms with Gasteiger partial charge in [-0.15, -0.1) is 0 Å². The Kier molecular flexibility index (Phi) is 7.95. The van der Waals surface area contributed by atoms with Crippen molar-refractivity contribution in [3.05, 3.63) is 75.4 Å². The Hall–Kier alpha value is -2.78. The monoisotopic (exact) mass is 504 g/mol. The molecule has 8 nitrogen and oxygen atoms in total. The molecule has 0 fully saturated rings. The number of hydrogen-bond acceptors (Lipinski definition) is 7. The summed E-state index contributed by atoms with van der Waals surface area (Å²) in [5, 5.41) is 4.00. The van der Waals surface area contributed by atoms with Crippen molar-refractivity contribution < 1.29 is 18.7 Å². The number of nitrogens with one attached hydrogen (secondary N) is 1. The maximum absolute atomic E-state index is 12.4. The van der Waals surface area contributed by atoms with Crippen LogP contribution in [-0.4, -0.2) is 54.7 Å². The molecule has 1 N–H and O–H groups in total. The molecule has 1 aliphatic rings. The highest BCUT2D eigenvalue weighted by atomic mass is 35.5. The number of oxazole rings is 1. The van der Waals surface area contributed by atoms with Crippen molar-refractivity contribution in [2.24, 2.45) is 0 Å². The average molecular weight is 505 g/mol. The van der Waals surface area contributed by atoms with Gasteiger partial charge in [-0.2, -0.15) is 0 Å². The molecule has 2 aromatic carbocycles. The number of fused-ring (bicyclic) bond motifs is 1. The minimum Gasteiger partial charge on any atom is -0.454 e. The van der Waals surface area contributed by atoms with Gasteiger partial charge in [0.1, 0.15) is 6.26 Å². The van der Waals surface area contributed by atoms with Crippen LogP contribution >= 0.6 is 23.2 Å². The molecule has 10 heteroatoms. The number of ether oxygens (including phenoxy) is 2. The van der Waals surface area contributed by atoms with E-state index in [4.69, 9.17) is 37.1 Å². The van der Waals surface area contributed by atoms with Gasteiger partial charge >= 0.3 is 0 Å². The number of benzene rings is 2. The van der Waals surface area contributed by atoms with Gasteiger partial charge in [0.25, 0.3) is 5.91 Å². The fourth-order valence-electron chi connectivity index (χ4n) is 3.52. The molecule has 0 radical (unpaired) electrons. The summed E-state index contributed by atoms with van der Waals surface area (Å²) < 4.78 is 16.5. The number of rotatable bonds is 10. The summed E-state index contributed by atoms with van der Waals surface area (Å²) in [7, 11) is 3.89. The maximum Gasteiger partial charge on any atom is 0.273 e. The number of hydrogen-bond donors (Lipinski definition) is 1. The molecule has 34 heavy (non-hydrogen) atoms. The highest BCUT2D eigenvalue weighted by Gasteiger charge is 2.19. The van der Waals surface area contributed by atoms with Crippen molar-refractivity contribution in [3.63, 3.8) is 0 Å². The molecule has 0 spiro atoms. The van der Waals surface area contributed by atoms with Crippen LogP contribution in [0.1, 0.15) is 27.5 Å². The predicted molar refractivity (Wildman–Crippen MR) is 129 cm³/mol. The third-order valence-electron chi connectivity index (χ3n) is 5.24. The quantitative estimate of drug-likeness (QED) is 0.442. The van der Waals surface area contributed by atoms with Crippen molar-refractivity contribution in [2.75, 3.05) is 34.0 Å². The van der Waals surface area contributed by atoms with Gasteiger partial charge < -0.3 is 24.1 Å². The second kappa shape index (κ2) is 11.1. The van der Waals surface area contributed by atoms with Gasteiger partial charge in [-0.1, -0.05) is 35.3 Å². The van der Waals surface area contributed by atoms with E-state index in [0.717, 1.165) is 29.2 Å². The summed E-state index contributed by atoms with van der Waals surface area (Å²) in [5.41, 5.74) is 2.20. The van der Waals surface area contributed by atoms with Gasteiger partial charge in [0.05, 0.1) is 6.54 Å². The first-order valence-corrected chi connectivity index (χ1v) is 11.5. The molecule has 0 saturated carbocycles. The minimum atomic E-state index is -0.264. The summed E-state index contributed by atoms with van der Waals surface area (Å²) in [5.74, 6) is 1.62. The Labute approximate surface area is 208 Å². The smallest absolute Gasteiger partial charge is 0.273 e. The summed E-state index contributed by atoms with van der Waals surface area (Å²) >= 11 is 12.5. The molecule has 3 aromatic rings. The second-order valence-corrected chi connectivity index (χ2v) is 9.10. The highest BCUT2D eigenvalue weighted by molar-refractivity contribution is 6.35. The standard InChI is InChI=1S/C24H26Cl2N4O4/c1-29(2)8-7-27-24(31)20-14-32-23(28-20)13-30(12-17-4-5-18(25)10-19(17)26)11-16-3-6-21-22(9-16)34-15-33-21/h3-6,9-10,14H,7-8,11-13,15H2,1-2H3,(H,27,31). The van der Waals surface area contributed by atoms with Crippen LogP contribution < -0.4 is 14.8 Å². The first-order valence-electron chi connectivity index (χ1n) is 10.8. The molecule has 1 amide bonds. The summed E-state index contributed by atoms with van der Waals surface area (Å²) in [4.78, 5) is 20.9. The molecule has 0 bridgehead atoms. The largest absolute Gasteiger partial charge is 0.454 e. The molecule has 4 rings (SSSR count). The Morgan fingerprint density at radius 1 is 1.06 bits per heavy atom. The summed E-state index contributed by atoms with van der Waals surface area (Å²) in [6, 6.07) is 11.3. The van der Waals surface area contributed by atoms with Crippen LogP contribution in [0.5, 0.6) is 11.5 Å². The molecular formula is C24H26Cl2N4O4. The molecule has 1 aliphatic heterocycles. The Morgan fingerprint density at radius 2 is 1.88 bits per heavy atom. The van der Waals surface area contributed by atoms with Gasteiger partial charge in [0, 0.05) is 36.2 Å². The Morgan fingerprint density at radius 3 is 2.68 bits per heavy atom. The van der Waals surface area contributed by atoms with Crippen molar-refractivity contribution in [1.82, 2.24) is 20.1 Å². The van der Waals surface area contributed by atoms with Gasteiger partial charge in [-0.05, 0) is 49.5 Å². The molecule has 180 valence electrons. The van der Waals surface area contributed by atoms with Crippen molar-refractivity contribution in [3.8, 4) is 11.5 Å². The average Bonchev–Trinajstić information content (AvgIpc) is 3.44. The molecule has 0 saturated heterocycles. The van der Waals surface area contributed by atoms with E-state index in [0.29, 0.717) is 42.1 Å². The number of amides is 1. The van der Waals surface area contributed by atoms with Gasteiger partial charge in [-0.25, -0.2) is 4.98 Å². The number of likely N-dealkylation sites (N-methyl/N-ethyl adjacent to an activating group) is 1. The Balaban J connectivity index is 1.49. The molecule has 1 aromatic heterocycles. The number of carbonyl (C=O) groups is 1. The zero-order valence-electron chi connectivity index (χ0n) is 19.0. The SMILES string of the molecule is CN(C)CCNC(=O)c1coc(CN(Cc2ccc3c(c2)OCO3)Cc2ccc(Cl)cc2Cl)n1. The Bertz CT molecular complexity index is 1150. The van der Waals surface area contributed by atoms with Crippen molar-refractivity contribution in [2.45, 2.75) is 19.6 Å². The van der Waals surface area contributed by atoms with Crippen LogP contribution in [0.15, 0.2) is 47.1 Å². The molecular weight excluding hydrogens is 479 g/mol. The van der Waals surface area contributed by atoms with E-state index < -0.39 is 0 Å². The lowest BCUT2D eigenvalue weighted by molar-refractivity contribution is 0.0946. The fraction of sp³-hybridized carbons (Fsp3) is 0.333. The number of aromatic nitrogens is 1. The van der Waals surface area contributed by atoms with Crippen LogP contribution in [0.25, 0.3) is 0 Å². The topological polar surface area (TPSA) is 80.1 Å². The lowest BCUT2D eigenvalue weighted by atomic mass is 10.1. The fourth-order valence-corrected chi connectivity index (χ4v) is 3.99. The number of carbonyl (C=O) groups excluding carboxylic acids is 1. The van der Waals surface area contributed by atoms with Crippen LogP contribution in [0, 0.1) is 0 Å². The zero-order valence-corrected chi connectivity index (χ0v) is 20.5. The van der Waals surface area contributed by atoms with E-state index in [-0.39, 0.29) is 18.4 Å². The van der Waals surface area contributed by atoms with Gasteiger partial charge in [0.2, 0.25) is 12.7 Å². The maximum atomic E-state index is 12.4. The number of nitrogens with zero attached hydrogens (tertiary/aromatic N) is 3. The second-order valence-electron chi connectivity index (χ2n) is 8.25.